The fraction of sp³-hybridized carbons (Fsp3) is 0.429. The minimum atomic E-state index is -1.26. The summed E-state index contributed by atoms with van der Waals surface area (Å²) in [7, 11) is 0. The second-order valence-electron chi connectivity index (χ2n) is 8.63. The fourth-order valence-corrected chi connectivity index (χ4v) is 4.31. The van der Waals surface area contributed by atoms with Crippen LogP contribution in [0.25, 0.3) is 11.1 Å². The van der Waals surface area contributed by atoms with Crippen molar-refractivity contribution in [2.24, 2.45) is 5.92 Å². The van der Waals surface area contributed by atoms with Crippen molar-refractivity contribution in [2.45, 2.75) is 52.1 Å². The van der Waals surface area contributed by atoms with E-state index in [0.29, 0.717) is 18.2 Å². The number of rotatable bonds is 10. The summed E-state index contributed by atoms with van der Waals surface area (Å²) >= 11 is 0. The highest BCUT2D eigenvalue weighted by atomic mass is 16.4. The van der Waals surface area contributed by atoms with Crippen LogP contribution in [0, 0.1) is 5.92 Å². The highest BCUT2D eigenvalue weighted by Crippen LogP contribution is 2.27. The van der Waals surface area contributed by atoms with Gasteiger partial charge in [0, 0.05) is 31.3 Å². The number of piperidine rings is 1. The molecule has 184 valence electrons. The first-order chi connectivity index (χ1) is 16.4. The first-order valence-electron chi connectivity index (χ1n) is 12.2. The van der Waals surface area contributed by atoms with Gasteiger partial charge in [0.05, 0.1) is 0 Å². The largest absolute Gasteiger partial charge is 0.478 e. The molecule has 0 atom stereocenters. The molecule has 0 saturated carbocycles. The molecule has 2 aromatic rings. The normalized spacial score (nSPS) is 14.2. The Balaban J connectivity index is 0.000000440. The zero-order valence-corrected chi connectivity index (χ0v) is 20.3. The van der Waals surface area contributed by atoms with E-state index in [4.69, 9.17) is 10.2 Å². The van der Waals surface area contributed by atoms with Crippen molar-refractivity contribution < 1.29 is 19.8 Å². The van der Waals surface area contributed by atoms with E-state index in [0.717, 1.165) is 25.6 Å². The Hall–Kier alpha value is -2.96. The lowest BCUT2D eigenvalue weighted by molar-refractivity contribution is -0.134. The molecule has 0 aromatic heterocycles. The Morgan fingerprint density at radius 3 is 2.06 bits per heavy atom. The van der Waals surface area contributed by atoms with E-state index in [1.54, 1.807) is 0 Å². The number of nitrogens with one attached hydrogen (secondary N) is 1. The molecule has 1 aliphatic rings. The van der Waals surface area contributed by atoms with E-state index in [2.05, 4.69) is 78.7 Å². The summed E-state index contributed by atoms with van der Waals surface area (Å²) in [5.74, 6) is -1.71. The number of nitrogens with zero attached hydrogens (tertiary/aromatic N) is 1. The first kappa shape index (κ1) is 27.3. The molecule has 3 rings (SSSR count). The van der Waals surface area contributed by atoms with Crippen molar-refractivity contribution in [1.29, 1.82) is 0 Å². The van der Waals surface area contributed by atoms with Gasteiger partial charge in [-0.15, -0.1) is 0 Å². The minimum absolute atomic E-state index is 0.558. The third kappa shape index (κ3) is 9.49. The maximum atomic E-state index is 9.55. The molecule has 34 heavy (non-hydrogen) atoms. The molecule has 2 aromatic carbocycles. The quantitative estimate of drug-likeness (QED) is 0.424. The molecule has 1 aliphatic heterocycles. The van der Waals surface area contributed by atoms with Crippen LogP contribution in [-0.2, 0) is 16.1 Å². The maximum absolute atomic E-state index is 9.55. The summed E-state index contributed by atoms with van der Waals surface area (Å²) < 4.78 is 0. The van der Waals surface area contributed by atoms with Gasteiger partial charge in [0.2, 0.25) is 0 Å². The Labute approximate surface area is 203 Å². The van der Waals surface area contributed by atoms with Crippen LogP contribution in [0.3, 0.4) is 0 Å². The van der Waals surface area contributed by atoms with Gasteiger partial charge in [0.1, 0.15) is 0 Å². The van der Waals surface area contributed by atoms with Crippen LogP contribution in [0.4, 0.5) is 0 Å². The lowest BCUT2D eigenvalue weighted by atomic mass is 9.95. The van der Waals surface area contributed by atoms with E-state index in [-0.39, 0.29) is 0 Å². The van der Waals surface area contributed by atoms with E-state index in [1.165, 1.54) is 48.9 Å². The third-order valence-electron chi connectivity index (χ3n) is 6.32. The summed E-state index contributed by atoms with van der Waals surface area (Å²) in [4.78, 5) is 21.9. The Morgan fingerprint density at radius 1 is 0.941 bits per heavy atom. The van der Waals surface area contributed by atoms with Gasteiger partial charge < -0.3 is 15.5 Å². The molecule has 1 saturated heterocycles. The third-order valence-corrected chi connectivity index (χ3v) is 6.32. The predicted octanol–water partition coefficient (Wildman–Crippen LogP) is 5.06. The van der Waals surface area contributed by atoms with Crippen molar-refractivity contribution in [3.63, 3.8) is 0 Å². The van der Waals surface area contributed by atoms with Crippen LogP contribution in [-0.4, -0.2) is 52.7 Å². The topological polar surface area (TPSA) is 89.9 Å². The predicted molar refractivity (Wildman–Crippen MR) is 137 cm³/mol. The second kappa shape index (κ2) is 15.0. The molecule has 6 heteroatoms. The lowest BCUT2D eigenvalue weighted by Crippen LogP contribution is -2.44. The van der Waals surface area contributed by atoms with Gasteiger partial charge in [0.25, 0.3) is 0 Å². The fourth-order valence-electron chi connectivity index (χ4n) is 4.31. The van der Waals surface area contributed by atoms with Crippen LogP contribution >= 0.6 is 0 Å². The van der Waals surface area contributed by atoms with E-state index < -0.39 is 11.9 Å². The Morgan fingerprint density at radius 2 is 1.50 bits per heavy atom. The number of carboxylic acids is 2. The molecule has 0 aliphatic carbocycles. The van der Waals surface area contributed by atoms with Crippen molar-refractivity contribution >= 4 is 11.9 Å². The molecular formula is C28H38N2O4. The first-order valence-corrected chi connectivity index (χ1v) is 12.2. The van der Waals surface area contributed by atoms with E-state index in [9.17, 15) is 9.59 Å². The SMILES string of the molecule is CCC(CC)CN(Cc1ccccc1-c1ccccc1)C1CCNCC1.O=C(O)C=CC(=O)O. The van der Waals surface area contributed by atoms with E-state index >= 15 is 0 Å². The van der Waals surface area contributed by atoms with Gasteiger partial charge in [0.15, 0.2) is 0 Å². The van der Waals surface area contributed by atoms with Crippen LogP contribution in [0.1, 0.15) is 45.1 Å². The molecule has 0 amide bonds. The molecule has 0 unspecified atom stereocenters. The van der Waals surface area contributed by atoms with Gasteiger partial charge in [-0.05, 0) is 48.5 Å². The van der Waals surface area contributed by atoms with Crippen molar-refractivity contribution in [3.05, 3.63) is 72.3 Å². The van der Waals surface area contributed by atoms with Crippen LogP contribution < -0.4 is 5.32 Å². The monoisotopic (exact) mass is 466 g/mol. The van der Waals surface area contributed by atoms with Crippen molar-refractivity contribution in [2.75, 3.05) is 19.6 Å². The average molecular weight is 467 g/mol. The molecule has 0 bridgehead atoms. The summed E-state index contributed by atoms with van der Waals surface area (Å²) in [6, 6.07) is 20.5. The molecule has 0 spiro atoms. The smallest absolute Gasteiger partial charge is 0.328 e. The average Bonchev–Trinajstić information content (AvgIpc) is 2.87. The number of carboxylic acid groups (broad SMARTS) is 2. The Kier molecular flexibility index (Phi) is 12.1. The van der Waals surface area contributed by atoms with Gasteiger partial charge in [-0.3, -0.25) is 4.90 Å². The molecule has 3 N–H and O–H groups in total. The van der Waals surface area contributed by atoms with Crippen LogP contribution in [0.15, 0.2) is 66.7 Å². The van der Waals surface area contributed by atoms with Crippen molar-refractivity contribution in [1.82, 2.24) is 10.2 Å². The maximum Gasteiger partial charge on any atom is 0.328 e. The lowest BCUT2D eigenvalue weighted by Gasteiger charge is -2.37. The van der Waals surface area contributed by atoms with Gasteiger partial charge in [-0.1, -0.05) is 81.3 Å². The summed E-state index contributed by atoms with van der Waals surface area (Å²) in [5, 5.41) is 19.1. The van der Waals surface area contributed by atoms with Crippen LogP contribution in [0.5, 0.6) is 0 Å². The molecule has 1 fully saturated rings. The minimum Gasteiger partial charge on any atom is -0.478 e. The molecule has 1 heterocycles. The molecule has 0 radical (unpaired) electrons. The van der Waals surface area contributed by atoms with Gasteiger partial charge in [-0.2, -0.15) is 0 Å². The van der Waals surface area contributed by atoms with Crippen LogP contribution in [0.2, 0.25) is 0 Å². The standard InChI is InChI=1S/C24H34N2.C4H4O4/c1-3-20(4-2)18-26(23-14-16-25-17-15-23)19-22-12-8-9-13-24(22)21-10-6-5-7-11-21;5-3(6)1-2-4(7)8/h5-13,20,23,25H,3-4,14-19H2,1-2H3;1-2H,(H,5,6)(H,7,8). The summed E-state index contributed by atoms with van der Waals surface area (Å²) in [5.41, 5.74) is 4.18. The highest BCUT2D eigenvalue weighted by Gasteiger charge is 2.23. The number of aliphatic carboxylic acids is 2. The van der Waals surface area contributed by atoms with Gasteiger partial charge in [-0.25, -0.2) is 9.59 Å². The Bertz CT molecular complexity index is 888. The van der Waals surface area contributed by atoms with E-state index in [1.807, 2.05) is 0 Å². The molecular weight excluding hydrogens is 428 g/mol. The highest BCUT2D eigenvalue weighted by molar-refractivity contribution is 5.89. The number of hydrogen-bond donors (Lipinski definition) is 3. The van der Waals surface area contributed by atoms with Gasteiger partial charge >= 0.3 is 11.9 Å². The van der Waals surface area contributed by atoms with Crippen molar-refractivity contribution in [3.8, 4) is 11.1 Å². The second-order valence-corrected chi connectivity index (χ2v) is 8.63. The zero-order chi connectivity index (χ0) is 24.8. The summed E-state index contributed by atoms with van der Waals surface area (Å²) in [6.07, 6.45) is 6.21. The number of hydrogen-bond acceptors (Lipinski definition) is 4. The molecule has 6 nitrogen and oxygen atoms in total. The summed E-state index contributed by atoms with van der Waals surface area (Å²) in [6.45, 7) is 9.28. The number of benzene rings is 2. The zero-order valence-electron chi connectivity index (χ0n) is 20.3. The number of carbonyl (C=O) groups is 2.